The first-order chi connectivity index (χ1) is 7.30. The number of rotatable bonds is 3. The molecule has 2 N–H and O–H groups in total. The van der Waals surface area contributed by atoms with Crippen LogP contribution in [-0.2, 0) is 0 Å². The Morgan fingerprint density at radius 1 is 1.24 bits per heavy atom. The molecule has 17 heavy (non-hydrogen) atoms. The van der Waals surface area contributed by atoms with Gasteiger partial charge in [0.2, 0.25) is 0 Å². The van der Waals surface area contributed by atoms with Crippen LogP contribution < -0.4 is 10.5 Å². The molecule has 0 radical (unpaired) electrons. The summed E-state index contributed by atoms with van der Waals surface area (Å²) in [5.41, 5.74) is 6.70. The van der Waals surface area contributed by atoms with Crippen molar-refractivity contribution in [3.05, 3.63) is 29.8 Å². The van der Waals surface area contributed by atoms with Gasteiger partial charge >= 0.3 is 6.61 Å². The number of hydrogen-bond donors (Lipinski definition) is 1. The number of halogens is 3. The van der Waals surface area contributed by atoms with Crippen LogP contribution in [0.3, 0.4) is 0 Å². The standard InChI is InChI=1S/C12H17F2NO.ClH/c1-12(2,3)10(15)8-5-4-6-9(7-8)16-11(13)14;/h4-7,10-11H,15H2,1-3H3;1H/t10-;/m0./s1. The van der Waals surface area contributed by atoms with E-state index in [1.54, 1.807) is 12.1 Å². The molecule has 0 spiro atoms. The Kier molecular flexibility index (Phi) is 5.85. The lowest BCUT2D eigenvalue weighted by Gasteiger charge is -2.27. The minimum atomic E-state index is -2.80. The van der Waals surface area contributed by atoms with Crippen LogP contribution in [0.5, 0.6) is 5.75 Å². The maximum absolute atomic E-state index is 12.0. The van der Waals surface area contributed by atoms with E-state index in [-0.39, 0.29) is 29.6 Å². The van der Waals surface area contributed by atoms with Crippen molar-refractivity contribution in [2.45, 2.75) is 33.4 Å². The average Bonchev–Trinajstić information content (AvgIpc) is 2.14. The van der Waals surface area contributed by atoms with Crippen molar-refractivity contribution in [3.8, 4) is 5.75 Å². The minimum absolute atomic E-state index is 0. The molecule has 0 saturated heterocycles. The molecule has 1 aromatic rings. The molecule has 0 heterocycles. The molecule has 2 nitrogen and oxygen atoms in total. The Morgan fingerprint density at radius 2 is 1.82 bits per heavy atom. The summed E-state index contributed by atoms with van der Waals surface area (Å²) < 4.78 is 28.4. The van der Waals surface area contributed by atoms with Crippen LogP contribution in [0.15, 0.2) is 24.3 Å². The maximum atomic E-state index is 12.0. The predicted molar refractivity (Wildman–Crippen MR) is 66.7 cm³/mol. The lowest BCUT2D eigenvalue weighted by atomic mass is 9.83. The van der Waals surface area contributed by atoms with Gasteiger partial charge in [-0.25, -0.2) is 0 Å². The maximum Gasteiger partial charge on any atom is 0.387 e. The fourth-order valence-corrected chi connectivity index (χ4v) is 1.38. The number of ether oxygens (including phenoxy) is 1. The van der Waals surface area contributed by atoms with E-state index < -0.39 is 6.61 Å². The first kappa shape index (κ1) is 16.1. The summed E-state index contributed by atoms with van der Waals surface area (Å²) in [6, 6.07) is 6.31. The van der Waals surface area contributed by atoms with Crippen LogP contribution in [0.1, 0.15) is 32.4 Å². The highest BCUT2D eigenvalue weighted by Gasteiger charge is 2.22. The molecule has 5 heteroatoms. The molecule has 98 valence electrons. The molecule has 0 aliphatic rings. The monoisotopic (exact) mass is 265 g/mol. The second kappa shape index (κ2) is 6.17. The lowest BCUT2D eigenvalue weighted by molar-refractivity contribution is -0.0499. The van der Waals surface area contributed by atoms with E-state index in [1.807, 2.05) is 26.8 Å². The highest BCUT2D eigenvalue weighted by atomic mass is 35.5. The number of hydrogen-bond acceptors (Lipinski definition) is 2. The summed E-state index contributed by atoms with van der Waals surface area (Å²) >= 11 is 0. The molecule has 1 rings (SSSR count). The van der Waals surface area contributed by atoms with E-state index in [4.69, 9.17) is 5.73 Å². The van der Waals surface area contributed by atoms with Crippen LogP contribution >= 0.6 is 12.4 Å². The topological polar surface area (TPSA) is 35.2 Å². The van der Waals surface area contributed by atoms with E-state index >= 15 is 0 Å². The van der Waals surface area contributed by atoms with Crippen LogP contribution in [0.4, 0.5) is 8.78 Å². The van der Waals surface area contributed by atoms with Gasteiger partial charge in [0.05, 0.1) is 0 Å². The van der Waals surface area contributed by atoms with Crippen LogP contribution in [-0.4, -0.2) is 6.61 Å². The zero-order valence-corrected chi connectivity index (χ0v) is 10.9. The highest BCUT2D eigenvalue weighted by molar-refractivity contribution is 5.85. The summed E-state index contributed by atoms with van der Waals surface area (Å²) in [5.74, 6) is 0.146. The molecule has 0 aliphatic heterocycles. The molecular formula is C12H18ClF2NO. The predicted octanol–water partition coefficient (Wildman–Crippen LogP) is 3.76. The molecule has 0 fully saturated rings. The van der Waals surface area contributed by atoms with Crippen molar-refractivity contribution in [1.82, 2.24) is 0 Å². The number of nitrogens with two attached hydrogens (primary N) is 1. The van der Waals surface area contributed by atoms with Gasteiger partial charge in [0.1, 0.15) is 5.75 Å². The Morgan fingerprint density at radius 3 is 2.29 bits per heavy atom. The van der Waals surface area contributed by atoms with Gasteiger partial charge in [0.25, 0.3) is 0 Å². The highest BCUT2D eigenvalue weighted by Crippen LogP contribution is 2.32. The van der Waals surface area contributed by atoms with Gasteiger partial charge < -0.3 is 10.5 Å². The van der Waals surface area contributed by atoms with Gasteiger partial charge in [-0.2, -0.15) is 8.78 Å². The van der Waals surface area contributed by atoms with Crippen molar-refractivity contribution in [2.24, 2.45) is 11.1 Å². The average molecular weight is 266 g/mol. The van der Waals surface area contributed by atoms with E-state index in [1.165, 1.54) is 6.07 Å². The third-order valence-corrected chi connectivity index (χ3v) is 2.38. The fourth-order valence-electron chi connectivity index (χ4n) is 1.38. The second-order valence-electron chi connectivity index (χ2n) is 4.79. The second-order valence-corrected chi connectivity index (χ2v) is 4.79. The Hall–Kier alpha value is -0.870. The molecule has 0 aliphatic carbocycles. The molecule has 1 aromatic carbocycles. The molecule has 0 saturated carbocycles. The van der Waals surface area contributed by atoms with Gasteiger partial charge in [0.15, 0.2) is 0 Å². The number of benzene rings is 1. The van der Waals surface area contributed by atoms with E-state index in [0.717, 1.165) is 5.56 Å². The van der Waals surface area contributed by atoms with Gasteiger partial charge in [-0.3, -0.25) is 0 Å². The zero-order valence-electron chi connectivity index (χ0n) is 10.1. The largest absolute Gasteiger partial charge is 0.435 e. The normalized spacial score (nSPS) is 13.1. The SMILES string of the molecule is CC(C)(C)[C@@H](N)c1cccc(OC(F)F)c1.Cl. The van der Waals surface area contributed by atoms with Gasteiger partial charge in [0, 0.05) is 6.04 Å². The van der Waals surface area contributed by atoms with Crippen LogP contribution in [0, 0.1) is 5.41 Å². The summed E-state index contributed by atoms with van der Waals surface area (Å²) in [7, 11) is 0. The van der Waals surface area contributed by atoms with Crippen molar-refractivity contribution >= 4 is 12.4 Å². The lowest BCUT2D eigenvalue weighted by Crippen LogP contribution is -2.26. The summed E-state index contributed by atoms with van der Waals surface area (Å²) in [5, 5.41) is 0. The first-order valence-electron chi connectivity index (χ1n) is 5.11. The third-order valence-electron chi connectivity index (χ3n) is 2.38. The summed E-state index contributed by atoms with van der Waals surface area (Å²) in [4.78, 5) is 0. The first-order valence-corrected chi connectivity index (χ1v) is 5.11. The van der Waals surface area contributed by atoms with E-state index in [2.05, 4.69) is 4.74 Å². The van der Waals surface area contributed by atoms with Gasteiger partial charge in [-0.15, -0.1) is 12.4 Å². The van der Waals surface area contributed by atoms with Crippen LogP contribution in [0.25, 0.3) is 0 Å². The molecule has 0 amide bonds. The Balaban J connectivity index is 0.00000256. The van der Waals surface area contributed by atoms with Gasteiger partial charge in [-0.1, -0.05) is 32.9 Å². The van der Waals surface area contributed by atoms with E-state index in [0.29, 0.717) is 0 Å². The Bertz CT molecular complexity index is 353. The molecule has 0 aromatic heterocycles. The smallest absolute Gasteiger partial charge is 0.387 e. The van der Waals surface area contributed by atoms with Crippen LogP contribution in [0.2, 0.25) is 0 Å². The van der Waals surface area contributed by atoms with E-state index in [9.17, 15) is 8.78 Å². The molecule has 0 unspecified atom stereocenters. The van der Waals surface area contributed by atoms with Gasteiger partial charge in [-0.05, 0) is 23.1 Å². The quantitative estimate of drug-likeness (QED) is 0.903. The fraction of sp³-hybridized carbons (Fsp3) is 0.500. The zero-order chi connectivity index (χ0) is 12.3. The van der Waals surface area contributed by atoms with Crippen molar-refractivity contribution < 1.29 is 13.5 Å². The number of alkyl halides is 2. The summed E-state index contributed by atoms with van der Waals surface area (Å²) in [6.07, 6.45) is 0. The van der Waals surface area contributed by atoms with Crippen molar-refractivity contribution in [3.63, 3.8) is 0 Å². The molecular weight excluding hydrogens is 248 g/mol. The Labute approximate surface area is 107 Å². The minimum Gasteiger partial charge on any atom is -0.435 e. The molecule has 0 bridgehead atoms. The summed E-state index contributed by atoms with van der Waals surface area (Å²) in [6.45, 7) is 3.19. The van der Waals surface area contributed by atoms with Crippen molar-refractivity contribution in [2.75, 3.05) is 0 Å². The third kappa shape index (κ3) is 4.88. The molecule has 1 atom stereocenters. The van der Waals surface area contributed by atoms with Crippen molar-refractivity contribution in [1.29, 1.82) is 0 Å².